The minimum Gasteiger partial charge on any atom is -0.350 e. The topological polar surface area (TPSA) is 61.3 Å². The fourth-order valence-corrected chi connectivity index (χ4v) is 1.22. The maximum atomic E-state index is 11.5. The molecule has 1 aliphatic rings. The van der Waals surface area contributed by atoms with E-state index in [1.54, 1.807) is 0 Å². The zero-order chi connectivity index (χ0) is 9.80. The molecule has 0 aromatic carbocycles. The number of rotatable bonds is 3. The van der Waals surface area contributed by atoms with Crippen molar-refractivity contribution in [3.8, 4) is 0 Å². The van der Waals surface area contributed by atoms with Crippen molar-refractivity contribution in [3.63, 3.8) is 0 Å². The van der Waals surface area contributed by atoms with Crippen LogP contribution in [0.5, 0.6) is 0 Å². The molecular formula is C9H10N2O3. The summed E-state index contributed by atoms with van der Waals surface area (Å²) < 4.78 is 10.3. The maximum Gasteiger partial charge on any atom is 0.187 e. The fraction of sp³-hybridized carbons (Fsp3) is 0.444. The van der Waals surface area contributed by atoms with Gasteiger partial charge in [0.1, 0.15) is 5.69 Å². The Bertz CT molecular complexity index is 309. The number of ether oxygens (including phenoxy) is 2. The number of hydrogen-bond acceptors (Lipinski definition) is 5. The Morgan fingerprint density at radius 1 is 1.43 bits per heavy atom. The monoisotopic (exact) mass is 194 g/mol. The van der Waals surface area contributed by atoms with Gasteiger partial charge in [-0.15, -0.1) is 0 Å². The molecule has 1 saturated heterocycles. The van der Waals surface area contributed by atoms with Crippen molar-refractivity contribution in [3.05, 3.63) is 24.3 Å². The molecule has 5 heteroatoms. The van der Waals surface area contributed by atoms with Gasteiger partial charge >= 0.3 is 0 Å². The van der Waals surface area contributed by atoms with Gasteiger partial charge in [0, 0.05) is 12.4 Å². The molecule has 0 saturated carbocycles. The van der Waals surface area contributed by atoms with Crippen molar-refractivity contribution < 1.29 is 14.3 Å². The van der Waals surface area contributed by atoms with Crippen LogP contribution in [0, 0.1) is 0 Å². The lowest BCUT2D eigenvalue weighted by Gasteiger charge is -2.06. The first kappa shape index (κ1) is 9.23. The molecule has 14 heavy (non-hydrogen) atoms. The second kappa shape index (κ2) is 4.26. The Morgan fingerprint density at radius 2 is 2.21 bits per heavy atom. The zero-order valence-electron chi connectivity index (χ0n) is 7.55. The third kappa shape index (κ3) is 2.12. The molecule has 0 bridgehead atoms. The highest BCUT2D eigenvalue weighted by Gasteiger charge is 2.21. The van der Waals surface area contributed by atoms with Crippen LogP contribution in [-0.4, -0.2) is 35.3 Å². The first-order chi connectivity index (χ1) is 6.86. The van der Waals surface area contributed by atoms with Crippen molar-refractivity contribution in [2.24, 2.45) is 0 Å². The third-order valence-electron chi connectivity index (χ3n) is 1.89. The van der Waals surface area contributed by atoms with Crippen molar-refractivity contribution in [1.82, 2.24) is 9.97 Å². The molecule has 5 nitrogen and oxygen atoms in total. The van der Waals surface area contributed by atoms with Gasteiger partial charge in [-0.2, -0.15) is 0 Å². The predicted octanol–water partition coefficient (Wildman–Crippen LogP) is 0.422. The van der Waals surface area contributed by atoms with E-state index in [2.05, 4.69) is 9.97 Å². The van der Waals surface area contributed by atoms with Gasteiger partial charge in [-0.05, 0) is 0 Å². The molecule has 0 aliphatic carbocycles. The van der Waals surface area contributed by atoms with Crippen LogP contribution < -0.4 is 0 Å². The number of carbonyl (C=O) groups excluding carboxylic acids is 1. The zero-order valence-corrected chi connectivity index (χ0v) is 7.55. The van der Waals surface area contributed by atoms with Crippen LogP contribution in [0.15, 0.2) is 18.6 Å². The van der Waals surface area contributed by atoms with Crippen LogP contribution in [-0.2, 0) is 9.47 Å². The maximum absolute atomic E-state index is 11.5. The number of carbonyl (C=O) groups is 1. The van der Waals surface area contributed by atoms with Crippen LogP contribution in [0.25, 0.3) is 0 Å². The van der Waals surface area contributed by atoms with E-state index >= 15 is 0 Å². The summed E-state index contributed by atoms with van der Waals surface area (Å²) in [6, 6.07) is 0. The summed E-state index contributed by atoms with van der Waals surface area (Å²) in [7, 11) is 0. The number of Topliss-reactive ketones (excluding diaryl/α,β-unsaturated/α-hetero) is 1. The molecular weight excluding hydrogens is 184 g/mol. The summed E-state index contributed by atoms with van der Waals surface area (Å²) in [5, 5.41) is 0. The highest BCUT2D eigenvalue weighted by atomic mass is 16.7. The second-order valence-electron chi connectivity index (χ2n) is 2.89. The molecule has 0 radical (unpaired) electrons. The normalized spacial score (nSPS) is 17.1. The molecule has 0 spiro atoms. The molecule has 0 N–H and O–H groups in total. The molecule has 0 amide bonds. The number of ketones is 1. The van der Waals surface area contributed by atoms with Gasteiger partial charge in [-0.3, -0.25) is 9.78 Å². The van der Waals surface area contributed by atoms with Gasteiger partial charge in [-0.25, -0.2) is 4.98 Å². The van der Waals surface area contributed by atoms with E-state index in [-0.39, 0.29) is 12.2 Å². The minimum atomic E-state index is -0.412. The summed E-state index contributed by atoms with van der Waals surface area (Å²) in [5.41, 5.74) is 0.353. The molecule has 1 fully saturated rings. The largest absolute Gasteiger partial charge is 0.350 e. The quantitative estimate of drug-likeness (QED) is 0.652. The van der Waals surface area contributed by atoms with Gasteiger partial charge in [0.15, 0.2) is 12.1 Å². The van der Waals surface area contributed by atoms with Gasteiger partial charge < -0.3 is 9.47 Å². The minimum absolute atomic E-state index is 0.106. The molecule has 1 aromatic heterocycles. The van der Waals surface area contributed by atoms with Gasteiger partial charge in [0.05, 0.1) is 25.8 Å². The van der Waals surface area contributed by atoms with Crippen molar-refractivity contribution in [1.29, 1.82) is 0 Å². The van der Waals surface area contributed by atoms with Crippen molar-refractivity contribution >= 4 is 5.78 Å². The number of aromatic nitrogens is 2. The lowest BCUT2D eigenvalue weighted by Crippen LogP contribution is -2.15. The van der Waals surface area contributed by atoms with E-state index in [4.69, 9.17) is 9.47 Å². The second-order valence-corrected chi connectivity index (χ2v) is 2.89. The third-order valence-corrected chi connectivity index (χ3v) is 1.89. The molecule has 74 valence electrons. The molecule has 1 aliphatic heterocycles. The highest BCUT2D eigenvalue weighted by Crippen LogP contribution is 2.10. The Morgan fingerprint density at radius 3 is 2.86 bits per heavy atom. The smallest absolute Gasteiger partial charge is 0.187 e. The highest BCUT2D eigenvalue weighted by molar-refractivity contribution is 5.94. The molecule has 0 atom stereocenters. The van der Waals surface area contributed by atoms with Crippen LogP contribution in [0.3, 0.4) is 0 Å². The lowest BCUT2D eigenvalue weighted by atomic mass is 10.2. The Hall–Kier alpha value is -1.33. The molecule has 0 unspecified atom stereocenters. The van der Waals surface area contributed by atoms with Crippen LogP contribution in [0.1, 0.15) is 16.9 Å². The van der Waals surface area contributed by atoms with Gasteiger partial charge in [-0.1, -0.05) is 0 Å². The summed E-state index contributed by atoms with van der Waals surface area (Å²) in [4.78, 5) is 19.3. The Balaban J connectivity index is 1.95. The fourth-order valence-electron chi connectivity index (χ4n) is 1.22. The van der Waals surface area contributed by atoms with Crippen LogP contribution >= 0.6 is 0 Å². The van der Waals surface area contributed by atoms with Crippen LogP contribution in [0.4, 0.5) is 0 Å². The first-order valence-electron chi connectivity index (χ1n) is 4.38. The molecule has 1 aromatic rings. The number of hydrogen-bond donors (Lipinski definition) is 0. The number of nitrogens with zero attached hydrogens (tertiary/aromatic N) is 2. The van der Waals surface area contributed by atoms with Gasteiger partial charge in [0.25, 0.3) is 0 Å². The van der Waals surface area contributed by atoms with Crippen molar-refractivity contribution in [2.45, 2.75) is 12.7 Å². The van der Waals surface area contributed by atoms with E-state index in [1.807, 2.05) is 0 Å². The Kier molecular flexibility index (Phi) is 2.81. The summed E-state index contributed by atoms with van der Waals surface area (Å²) >= 11 is 0. The van der Waals surface area contributed by atoms with E-state index in [0.29, 0.717) is 18.9 Å². The SMILES string of the molecule is O=C(CC1OCCO1)c1cnccn1. The van der Waals surface area contributed by atoms with E-state index < -0.39 is 6.29 Å². The summed E-state index contributed by atoms with van der Waals surface area (Å²) in [6.07, 6.45) is 4.25. The summed E-state index contributed by atoms with van der Waals surface area (Å²) in [5.74, 6) is -0.106. The average Bonchev–Trinajstić information content (AvgIpc) is 2.72. The standard InChI is InChI=1S/C9H10N2O3/c12-8(5-9-13-3-4-14-9)7-6-10-1-2-11-7/h1-2,6,9H,3-5H2. The molecule has 2 rings (SSSR count). The Labute approximate surface area is 81.1 Å². The lowest BCUT2D eigenvalue weighted by molar-refractivity contribution is -0.0408. The summed E-state index contributed by atoms with van der Waals surface area (Å²) in [6.45, 7) is 1.11. The molecule has 2 heterocycles. The van der Waals surface area contributed by atoms with Crippen molar-refractivity contribution in [2.75, 3.05) is 13.2 Å². The average molecular weight is 194 g/mol. The van der Waals surface area contributed by atoms with E-state index in [9.17, 15) is 4.79 Å². The van der Waals surface area contributed by atoms with Crippen LogP contribution in [0.2, 0.25) is 0 Å². The van der Waals surface area contributed by atoms with E-state index in [0.717, 1.165) is 0 Å². The first-order valence-corrected chi connectivity index (χ1v) is 4.38. The predicted molar refractivity (Wildman–Crippen MR) is 46.7 cm³/mol. The van der Waals surface area contributed by atoms with E-state index in [1.165, 1.54) is 18.6 Å². The van der Waals surface area contributed by atoms with Gasteiger partial charge in [0.2, 0.25) is 0 Å².